The van der Waals surface area contributed by atoms with E-state index >= 15 is 0 Å². The van der Waals surface area contributed by atoms with Gasteiger partial charge >= 0.3 is 26.1 Å². The summed E-state index contributed by atoms with van der Waals surface area (Å²) in [6.07, 6.45) is 3.48. The van der Waals surface area contributed by atoms with Crippen molar-refractivity contribution < 1.29 is 39.7 Å². The molecule has 13 heteroatoms. The van der Waals surface area contributed by atoms with Crippen LogP contribution >= 0.6 is 0 Å². The number of ether oxygens (including phenoxy) is 1. The maximum Gasteiger partial charge on any atom is 0.375 e. The van der Waals surface area contributed by atoms with Gasteiger partial charge in [0, 0.05) is 41.5 Å². The fourth-order valence-corrected chi connectivity index (χ4v) is 7.41. The summed E-state index contributed by atoms with van der Waals surface area (Å²) in [6.45, 7) is 5.30. The van der Waals surface area contributed by atoms with Gasteiger partial charge in [-0.1, -0.05) is 67.3 Å². The number of anilines is 1. The molecule has 11 nitrogen and oxygen atoms in total. The quantitative estimate of drug-likeness (QED) is 0.0963. The Balaban J connectivity index is 1.41. The lowest BCUT2D eigenvalue weighted by molar-refractivity contribution is -0.658. The van der Waals surface area contributed by atoms with Crippen LogP contribution in [0.3, 0.4) is 0 Å². The third kappa shape index (κ3) is 5.95. The maximum atomic E-state index is 12.7. The van der Waals surface area contributed by atoms with Crippen LogP contribution in [-0.4, -0.2) is 30.5 Å². The second kappa shape index (κ2) is 12.3. The van der Waals surface area contributed by atoms with Gasteiger partial charge in [-0.25, -0.2) is 0 Å². The van der Waals surface area contributed by atoms with Gasteiger partial charge in [-0.3, -0.25) is 14.0 Å². The van der Waals surface area contributed by atoms with Crippen molar-refractivity contribution in [1.29, 1.82) is 0 Å². The lowest BCUT2D eigenvalue weighted by Crippen LogP contribution is -2.39. The second-order valence-electron chi connectivity index (χ2n) is 11.6. The third-order valence-corrected chi connectivity index (χ3v) is 9.83. The summed E-state index contributed by atoms with van der Waals surface area (Å²) < 4.78 is 85.8. The van der Waals surface area contributed by atoms with Crippen LogP contribution in [-0.2, 0) is 33.2 Å². The molecule has 3 heterocycles. The molecule has 0 bridgehead atoms. The molecule has 50 heavy (non-hydrogen) atoms. The predicted molar refractivity (Wildman–Crippen MR) is 191 cm³/mol. The van der Waals surface area contributed by atoms with Gasteiger partial charge in [-0.15, -0.1) is 4.57 Å². The summed E-state index contributed by atoms with van der Waals surface area (Å²) in [6, 6.07) is 26.2. The number of hydrogen-bond donors (Lipinski definition) is 2. The predicted octanol–water partition coefficient (Wildman–Crippen LogP) is 7.08. The van der Waals surface area contributed by atoms with Crippen LogP contribution in [0.2, 0.25) is 0 Å². The lowest BCUT2D eigenvalue weighted by atomic mass is 10.1. The number of para-hydroxylation sites is 1. The molecule has 0 radical (unpaired) electrons. The van der Waals surface area contributed by atoms with Gasteiger partial charge < -0.3 is 13.7 Å². The standard InChI is InChI=1S/C37H29N3O8S2/c1-4-11-37(50(44,45)46)40-32-21-28-27-14-9-10-15-29(27)38(3)30(28)22-34(32)48-36(40)19-24(5-2)18-35-39(23-49(41,42)43)31-20-26(16-17-33(31)47-35)25-12-7-6-8-13-25/h6-10,12-22H,1,5,23H2,2-3H3,(H-,41,42,43,44,45,46)/p+1. The highest BCUT2D eigenvalue weighted by molar-refractivity contribution is 7.90. The van der Waals surface area contributed by atoms with Crippen molar-refractivity contribution in [3.63, 3.8) is 0 Å². The Hall–Kier alpha value is -5.65. The zero-order chi connectivity index (χ0) is 35.4. The number of benzene rings is 4. The van der Waals surface area contributed by atoms with Crippen LogP contribution in [0.5, 0.6) is 5.75 Å². The van der Waals surface area contributed by atoms with Crippen molar-refractivity contribution in [1.82, 2.24) is 4.57 Å². The van der Waals surface area contributed by atoms with E-state index in [4.69, 9.17) is 9.15 Å². The smallest absolute Gasteiger partial charge is 0.375 e. The van der Waals surface area contributed by atoms with Gasteiger partial charge in [-0.05, 0) is 53.6 Å². The first kappa shape index (κ1) is 32.9. The first-order chi connectivity index (χ1) is 23.9. The molecule has 4 aromatic carbocycles. The van der Waals surface area contributed by atoms with Gasteiger partial charge in [0.05, 0.1) is 17.3 Å². The fourth-order valence-electron chi connectivity index (χ4n) is 6.20. The van der Waals surface area contributed by atoms with E-state index in [1.807, 2.05) is 79.2 Å². The van der Waals surface area contributed by atoms with Crippen LogP contribution in [0, 0.1) is 0 Å². The highest BCUT2D eigenvalue weighted by Crippen LogP contribution is 2.46. The number of aromatic nitrogens is 2. The highest BCUT2D eigenvalue weighted by atomic mass is 32.2. The molecule has 0 spiro atoms. The van der Waals surface area contributed by atoms with E-state index in [9.17, 15) is 25.9 Å². The lowest BCUT2D eigenvalue weighted by Gasteiger charge is -2.18. The Morgan fingerprint density at radius 1 is 0.920 bits per heavy atom. The summed E-state index contributed by atoms with van der Waals surface area (Å²) in [4.78, 5) is 1.21. The SMILES string of the molecule is C=C=C=C(N1C(=CC(=Cc2oc3ccc(-c4ccccc4)cc3[n+]2CS(=O)(=O)O)CC)Oc2cc3c(cc21)c1ccccc1n3C)S(=O)(=O)O. The number of oxazole rings is 1. The topological polar surface area (TPSA) is 143 Å². The molecule has 7 rings (SSSR count). The molecular formula is C37H30N3O8S2+. The number of fused-ring (bicyclic) bond motifs is 5. The molecule has 252 valence electrons. The van der Waals surface area contributed by atoms with Crippen molar-refractivity contribution >= 4 is 64.9 Å². The summed E-state index contributed by atoms with van der Waals surface area (Å²) in [5.41, 5.74) is 9.89. The molecule has 1 aliphatic heterocycles. The minimum Gasteiger partial charge on any atom is -0.438 e. The van der Waals surface area contributed by atoms with Crippen LogP contribution in [0.25, 0.3) is 50.1 Å². The van der Waals surface area contributed by atoms with E-state index in [1.54, 1.807) is 36.4 Å². The average molecular weight is 709 g/mol. The van der Waals surface area contributed by atoms with Gasteiger partial charge in [0.1, 0.15) is 0 Å². The van der Waals surface area contributed by atoms with Gasteiger partial charge in [0.15, 0.2) is 5.75 Å². The van der Waals surface area contributed by atoms with E-state index in [-0.39, 0.29) is 11.8 Å². The summed E-state index contributed by atoms with van der Waals surface area (Å²) in [5.74, 6) is -0.360. The van der Waals surface area contributed by atoms with Crippen molar-refractivity contribution in [2.45, 2.75) is 19.2 Å². The number of allylic oxidation sites excluding steroid dienone is 2. The molecule has 6 aromatic rings. The Morgan fingerprint density at radius 2 is 1.66 bits per heavy atom. The summed E-state index contributed by atoms with van der Waals surface area (Å²) in [7, 11) is -7.48. The molecule has 2 aromatic heterocycles. The first-order valence-electron chi connectivity index (χ1n) is 15.4. The van der Waals surface area contributed by atoms with Crippen LogP contribution in [0.4, 0.5) is 5.69 Å². The molecule has 2 N–H and O–H groups in total. The average Bonchev–Trinajstić information content (AvgIpc) is 3.69. The van der Waals surface area contributed by atoms with Gasteiger partial charge in [0.2, 0.25) is 16.5 Å². The van der Waals surface area contributed by atoms with E-state index in [0.29, 0.717) is 34.5 Å². The molecule has 0 atom stereocenters. The highest BCUT2D eigenvalue weighted by Gasteiger charge is 2.36. The molecule has 0 fully saturated rings. The molecule has 0 saturated heterocycles. The first-order valence-corrected chi connectivity index (χ1v) is 18.4. The monoisotopic (exact) mass is 708 g/mol. The van der Waals surface area contributed by atoms with Crippen molar-refractivity contribution in [3.8, 4) is 16.9 Å². The number of aryl methyl sites for hydroxylation is 1. The Kier molecular flexibility index (Phi) is 8.12. The zero-order valence-electron chi connectivity index (χ0n) is 26.9. The maximum absolute atomic E-state index is 12.7. The minimum absolute atomic E-state index is 0.00638. The van der Waals surface area contributed by atoms with E-state index in [1.165, 1.54) is 9.47 Å². The summed E-state index contributed by atoms with van der Waals surface area (Å²) >= 11 is 0. The second-order valence-corrected chi connectivity index (χ2v) is 14.4. The Morgan fingerprint density at radius 3 is 2.36 bits per heavy atom. The van der Waals surface area contributed by atoms with Crippen LogP contribution in [0.1, 0.15) is 19.2 Å². The number of rotatable bonds is 8. The van der Waals surface area contributed by atoms with Crippen molar-refractivity contribution in [3.05, 3.63) is 131 Å². The van der Waals surface area contributed by atoms with E-state index in [0.717, 1.165) is 32.9 Å². The zero-order valence-corrected chi connectivity index (χ0v) is 28.5. The molecular weight excluding hydrogens is 679 g/mol. The van der Waals surface area contributed by atoms with Gasteiger partial charge in [0.25, 0.3) is 11.4 Å². The minimum atomic E-state index is -4.88. The molecule has 0 unspecified atom stereocenters. The normalized spacial score (nSPS) is 14.3. The number of nitrogens with zero attached hydrogens (tertiary/aromatic N) is 3. The Bertz CT molecular complexity index is 2750. The van der Waals surface area contributed by atoms with Crippen molar-refractivity contribution in [2.75, 3.05) is 4.90 Å². The third-order valence-electron chi connectivity index (χ3n) is 8.47. The summed E-state index contributed by atoms with van der Waals surface area (Å²) in [5, 5.41) is 1.09. The van der Waals surface area contributed by atoms with Crippen LogP contribution < -0.4 is 14.2 Å². The molecule has 0 aliphatic carbocycles. The fraction of sp³-hybridized carbons (Fsp3) is 0.108. The largest absolute Gasteiger partial charge is 0.438 e. The molecule has 1 aliphatic rings. The Labute approximate surface area is 287 Å². The number of hydrogen-bond acceptors (Lipinski definition) is 7. The molecule has 0 saturated carbocycles. The van der Waals surface area contributed by atoms with E-state index < -0.39 is 31.1 Å². The van der Waals surface area contributed by atoms with Crippen LogP contribution in [0.15, 0.2) is 130 Å². The van der Waals surface area contributed by atoms with Crippen molar-refractivity contribution in [2.24, 2.45) is 7.05 Å². The molecule has 0 amide bonds. The van der Waals surface area contributed by atoms with Gasteiger partial charge in [-0.2, -0.15) is 16.8 Å². The van der Waals surface area contributed by atoms with E-state index in [2.05, 4.69) is 18.0 Å².